The fourth-order valence-electron chi connectivity index (χ4n) is 6.70. The number of likely N-dealkylation sites (N-methyl/N-ethyl adjacent to an activating group) is 1. The van der Waals surface area contributed by atoms with E-state index in [4.69, 9.17) is 35.3 Å². The third-order valence-corrected chi connectivity index (χ3v) is 11.5. The van der Waals surface area contributed by atoms with E-state index < -0.39 is 65.7 Å². The zero-order valence-electron chi connectivity index (χ0n) is 31.4. The van der Waals surface area contributed by atoms with Crippen molar-refractivity contribution in [2.45, 2.75) is 102 Å². The molecule has 52 heavy (non-hydrogen) atoms. The molecule has 2 saturated heterocycles. The van der Waals surface area contributed by atoms with Gasteiger partial charge in [0.1, 0.15) is 40.7 Å². The van der Waals surface area contributed by atoms with Gasteiger partial charge < -0.3 is 38.6 Å². The highest BCUT2D eigenvalue weighted by Crippen LogP contribution is 2.49. The van der Waals surface area contributed by atoms with Crippen LogP contribution >= 0.6 is 23.4 Å². The summed E-state index contributed by atoms with van der Waals surface area (Å²) < 4.78 is 29.2. The van der Waals surface area contributed by atoms with E-state index in [0.29, 0.717) is 23.6 Å². The highest BCUT2D eigenvalue weighted by atomic mass is 35.5. The molecule has 2 fully saturated rings. The van der Waals surface area contributed by atoms with Gasteiger partial charge in [-0.05, 0) is 50.6 Å². The molecule has 0 aromatic heterocycles. The Hall–Kier alpha value is -3.30. The molecule has 8 atom stereocenters. The summed E-state index contributed by atoms with van der Waals surface area (Å²) in [6.45, 7) is 9.04. The lowest BCUT2D eigenvalue weighted by atomic mass is 9.83. The number of fused-ring (bicyclic) bond motifs is 5. The molecule has 0 aliphatic carbocycles. The van der Waals surface area contributed by atoms with Gasteiger partial charge in [0.05, 0.1) is 25.3 Å². The van der Waals surface area contributed by atoms with Crippen molar-refractivity contribution < 1.29 is 48.0 Å². The number of hydrogen-bond acceptors (Lipinski definition) is 11. The molecule has 1 unspecified atom stereocenters. The summed E-state index contributed by atoms with van der Waals surface area (Å²) >= 11 is 8.38. The van der Waals surface area contributed by atoms with Gasteiger partial charge in [-0.15, -0.1) is 0 Å². The van der Waals surface area contributed by atoms with Gasteiger partial charge >= 0.3 is 12.1 Å². The van der Waals surface area contributed by atoms with Crippen LogP contribution in [0.4, 0.5) is 10.5 Å². The number of amides is 3. The van der Waals surface area contributed by atoms with Gasteiger partial charge in [0.25, 0.3) is 0 Å². The van der Waals surface area contributed by atoms with Crippen LogP contribution in [0.5, 0.6) is 5.75 Å². The maximum absolute atomic E-state index is 14.1. The first-order chi connectivity index (χ1) is 24.5. The Morgan fingerprint density at radius 2 is 1.98 bits per heavy atom. The first kappa shape index (κ1) is 41.5. The van der Waals surface area contributed by atoms with Crippen LogP contribution in [0.1, 0.15) is 59.4 Å². The highest BCUT2D eigenvalue weighted by Gasteiger charge is 2.64. The summed E-state index contributed by atoms with van der Waals surface area (Å²) in [4.78, 5) is 56.2. The largest absolute Gasteiger partial charge is 0.495 e. The average molecular weight is 766 g/mol. The molecule has 3 aliphatic heterocycles. The van der Waals surface area contributed by atoms with Gasteiger partial charge in [0.2, 0.25) is 11.8 Å². The third kappa shape index (κ3) is 9.25. The fourth-order valence-corrected chi connectivity index (χ4v) is 7.62. The van der Waals surface area contributed by atoms with E-state index >= 15 is 0 Å². The number of allylic oxidation sites excluding steroid dienone is 3. The number of carbonyl (C=O) groups excluding carboxylic acids is 4. The molecule has 13 nitrogen and oxygen atoms in total. The number of hydrogen-bond donors (Lipinski definition) is 2. The van der Waals surface area contributed by atoms with Crippen LogP contribution in [0.3, 0.4) is 0 Å². The number of alkyl carbamates (subject to hydrolysis) is 1. The fraction of sp³-hybridized carbons (Fsp3) is 0.622. The van der Waals surface area contributed by atoms with Crippen molar-refractivity contribution >= 4 is 52.9 Å². The summed E-state index contributed by atoms with van der Waals surface area (Å²) in [7, 11) is 6.06. The molecule has 3 aliphatic rings. The monoisotopic (exact) mass is 765 g/mol. The highest BCUT2D eigenvalue weighted by molar-refractivity contribution is 7.99. The molecule has 15 heteroatoms. The minimum absolute atomic E-state index is 0.0438. The molecule has 4 rings (SSSR count). The first-order valence-corrected chi connectivity index (χ1v) is 18.9. The maximum Gasteiger partial charge on any atom is 0.409 e. The number of benzene rings is 1. The summed E-state index contributed by atoms with van der Waals surface area (Å²) in [5.41, 5.74) is -0.876. The maximum atomic E-state index is 14.1. The average Bonchev–Trinajstić information content (AvgIpc) is 3.80. The van der Waals surface area contributed by atoms with Gasteiger partial charge in [0.15, 0.2) is 5.72 Å². The van der Waals surface area contributed by atoms with Gasteiger partial charge in [-0.2, -0.15) is 11.8 Å². The number of thioether (sulfide) groups is 1. The van der Waals surface area contributed by atoms with E-state index in [1.54, 1.807) is 70.9 Å². The lowest BCUT2D eigenvalue weighted by Crippen LogP contribution is -2.63. The molecule has 2 N–H and O–H groups in total. The van der Waals surface area contributed by atoms with Crippen molar-refractivity contribution in [1.29, 1.82) is 0 Å². The number of halogens is 1. The SMILES string of the molecule is CCSCCC(=O)N(C)[C@@H](C)C(=O)O[C@@H]1CC(=O)N(C)c2cc(cc(OC)c2Cl)C/C(C)=C/C=C\[C@@H](OC)[C@@]2(O)C[C@H](OC(=O)N2)[C@@H](C)C2O[C@]21C. The molecule has 288 valence electrons. The van der Waals surface area contributed by atoms with Crippen LogP contribution in [0.15, 0.2) is 35.9 Å². The number of nitrogens with one attached hydrogen (secondary N) is 1. The van der Waals surface area contributed by atoms with E-state index in [-0.39, 0.29) is 30.2 Å². The van der Waals surface area contributed by atoms with Crippen LogP contribution in [-0.4, -0.2) is 115 Å². The van der Waals surface area contributed by atoms with Crippen molar-refractivity contribution in [3.05, 3.63) is 46.5 Å². The zero-order chi connectivity index (χ0) is 38.5. The van der Waals surface area contributed by atoms with E-state index in [2.05, 4.69) is 5.32 Å². The lowest BCUT2D eigenvalue weighted by Gasteiger charge is -2.42. The van der Waals surface area contributed by atoms with Gasteiger partial charge in [0, 0.05) is 45.7 Å². The van der Waals surface area contributed by atoms with Crippen molar-refractivity contribution in [2.75, 3.05) is 44.7 Å². The quantitative estimate of drug-likeness (QED) is 0.205. The number of esters is 1. The second-order valence-corrected chi connectivity index (χ2v) is 15.6. The molecule has 3 heterocycles. The Balaban J connectivity index is 1.74. The topological polar surface area (TPSA) is 156 Å². The zero-order valence-corrected chi connectivity index (χ0v) is 33.0. The normalized spacial score (nSPS) is 31.6. The summed E-state index contributed by atoms with van der Waals surface area (Å²) in [5, 5.41) is 14.5. The van der Waals surface area contributed by atoms with Crippen LogP contribution in [-0.2, 0) is 39.8 Å². The number of nitrogens with zero attached hydrogens (tertiary/aromatic N) is 2. The van der Waals surface area contributed by atoms with Crippen molar-refractivity contribution in [2.24, 2.45) is 5.92 Å². The van der Waals surface area contributed by atoms with Gasteiger partial charge in [-0.25, -0.2) is 9.59 Å². The summed E-state index contributed by atoms with van der Waals surface area (Å²) in [5.74, 6) is 0.0159. The Morgan fingerprint density at radius 1 is 1.27 bits per heavy atom. The molecule has 1 aromatic carbocycles. The molecule has 0 spiro atoms. The van der Waals surface area contributed by atoms with E-state index in [9.17, 15) is 24.3 Å². The van der Waals surface area contributed by atoms with Crippen LogP contribution < -0.4 is 15.0 Å². The minimum atomic E-state index is -1.82. The second kappa shape index (κ2) is 17.2. The molecular weight excluding hydrogens is 714 g/mol. The Labute approximate surface area is 315 Å². The van der Waals surface area contributed by atoms with Gasteiger partial charge in [-0.1, -0.05) is 49.2 Å². The lowest BCUT2D eigenvalue weighted by molar-refractivity contribution is -0.162. The number of aliphatic hydroxyl groups is 1. The number of rotatable bonds is 9. The number of anilines is 1. The minimum Gasteiger partial charge on any atom is -0.495 e. The van der Waals surface area contributed by atoms with E-state index in [0.717, 1.165) is 16.9 Å². The Bertz CT molecular complexity index is 1570. The predicted molar refractivity (Wildman–Crippen MR) is 199 cm³/mol. The molecule has 4 bridgehead atoms. The smallest absolute Gasteiger partial charge is 0.409 e. The number of epoxide rings is 1. The Morgan fingerprint density at radius 3 is 2.63 bits per heavy atom. The molecular formula is C37H52ClN3O10S. The van der Waals surface area contributed by atoms with Crippen LogP contribution in [0.2, 0.25) is 5.02 Å². The molecule has 0 radical (unpaired) electrons. The van der Waals surface area contributed by atoms with Gasteiger partial charge in [-0.3, -0.25) is 14.9 Å². The molecule has 3 amide bonds. The summed E-state index contributed by atoms with van der Waals surface area (Å²) in [6, 6.07) is 2.64. The number of methoxy groups -OCH3 is 2. The molecule has 1 aromatic rings. The second-order valence-electron chi connectivity index (χ2n) is 13.9. The number of ether oxygens (including phenoxy) is 5. The predicted octanol–water partition coefficient (Wildman–Crippen LogP) is 4.66. The van der Waals surface area contributed by atoms with E-state index in [1.165, 1.54) is 24.0 Å². The number of carbonyl (C=O) groups is 4. The first-order valence-electron chi connectivity index (χ1n) is 17.4. The van der Waals surface area contributed by atoms with Crippen LogP contribution in [0, 0.1) is 5.92 Å². The Kier molecular flexibility index (Phi) is 13.7. The standard InChI is InChI=1S/C37H52ClN3O10S/c1-10-52-15-14-30(42)40(6)23(4)34(44)50-29-19-31(43)41(7)25-17-24(18-26(47-8)32(25)38)16-21(2)12-11-13-28(48-9)37(46)20-27(49-35(45)39-37)22(3)33-36(29,5)51-33/h11-13,17-18,22-23,27-29,33,46H,10,14-16,19-20H2,1-9H3,(H,39,45)/b13-11-,21-12+/t22-,23+,27+,28-,29-,33?,36+,37+/m1/s1. The van der Waals surface area contributed by atoms with Crippen molar-refractivity contribution in [3.8, 4) is 5.75 Å². The van der Waals surface area contributed by atoms with Crippen molar-refractivity contribution in [1.82, 2.24) is 10.2 Å². The molecule has 0 saturated carbocycles. The van der Waals surface area contributed by atoms with Crippen LogP contribution in [0.25, 0.3) is 0 Å². The third-order valence-electron chi connectivity index (χ3n) is 10.2. The van der Waals surface area contributed by atoms with Crippen molar-refractivity contribution in [3.63, 3.8) is 0 Å². The van der Waals surface area contributed by atoms with E-state index in [1.807, 2.05) is 19.9 Å². The summed E-state index contributed by atoms with van der Waals surface area (Å²) in [6.07, 6.45) is 1.28.